The van der Waals surface area contributed by atoms with E-state index >= 15 is 0 Å². The number of thiol groups is 1. The van der Waals surface area contributed by atoms with Crippen LogP contribution in [0.4, 0.5) is 0 Å². The lowest BCUT2D eigenvalue weighted by Gasteiger charge is -2.16. The third-order valence-corrected chi connectivity index (χ3v) is 3.71. The van der Waals surface area contributed by atoms with Gasteiger partial charge in [0.1, 0.15) is 5.75 Å². The van der Waals surface area contributed by atoms with Crippen molar-refractivity contribution in [2.45, 2.75) is 31.1 Å². The van der Waals surface area contributed by atoms with Crippen LogP contribution in [0.1, 0.15) is 30.5 Å². The van der Waals surface area contributed by atoms with Crippen molar-refractivity contribution in [3.63, 3.8) is 0 Å². The van der Waals surface area contributed by atoms with Crippen LogP contribution >= 0.6 is 12.6 Å². The summed E-state index contributed by atoms with van der Waals surface area (Å²) in [5.74, 6) is 0.00841. The van der Waals surface area contributed by atoms with Crippen LogP contribution in [0.5, 0.6) is 5.75 Å². The maximum Gasteiger partial charge on any atom is 0.320 e. The van der Waals surface area contributed by atoms with Crippen LogP contribution in [0.25, 0.3) is 0 Å². The summed E-state index contributed by atoms with van der Waals surface area (Å²) in [6, 6.07) is 9.46. The maximum absolute atomic E-state index is 12.4. The quantitative estimate of drug-likeness (QED) is 0.528. The van der Waals surface area contributed by atoms with Gasteiger partial charge in [-0.05, 0) is 43.2 Å². The highest BCUT2D eigenvalue weighted by Crippen LogP contribution is 2.27. The number of esters is 1. The van der Waals surface area contributed by atoms with E-state index in [9.17, 15) is 4.79 Å². The van der Waals surface area contributed by atoms with Crippen molar-refractivity contribution in [1.82, 2.24) is 4.57 Å². The van der Waals surface area contributed by atoms with Gasteiger partial charge in [0.05, 0.1) is 5.92 Å². The first kappa shape index (κ1) is 14.7. The van der Waals surface area contributed by atoms with E-state index in [1.54, 1.807) is 6.07 Å². The molecule has 1 aromatic heterocycles. The molecular weight excluding hydrogens is 270 g/mol. The molecule has 0 amide bonds. The molecule has 106 valence electrons. The van der Waals surface area contributed by atoms with Gasteiger partial charge in [0, 0.05) is 23.8 Å². The highest BCUT2D eigenvalue weighted by atomic mass is 32.1. The first-order valence-electron chi connectivity index (χ1n) is 6.65. The molecule has 2 rings (SSSR count). The van der Waals surface area contributed by atoms with Crippen molar-refractivity contribution in [3.05, 3.63) is 47.8 Å². The molecule has 20 heavy (non-hydrogen) atoms. The lowest BCUT2D eigenvalue weighted by atomic mass is 10.0. The molecule has 1 heterocycles. The Balaban J connectivity index is 2.20. The number of ether oxygens (including phenoxy) is 1. The fourth-order valence-corrected chi connectivity index (χ4v) is 2.55. The summed E-state index contributed by atoms with van der Waals surface area (Å²) in [6.07, 6.45) is 2.63. The zero-order valence-electron chi connectivity index (χ0n) is 12.0. The molecule has 0 bridgehead atoms. The number of rotatable bonds is 4. The second kappa shape index (κ2) is 6.18. The molecule has 4 heteroatoms. The van der Waals surface area contributed by atoms with Crippen LogP contribution in [0.2, 0.25) is 0 Å². The minimum absolute atomic E-state index is 0.242. The normalized spacial score (nSPS) is 12.2. The Bertz CT molecular complexity index is 619. The predicted molar refractivity (Wildman–Crippen MR) is 82.5 cm³/mol. The van der Waals surface area contributed by atoms with Crippen LogP contribution in [0.15, 0.2) is 41.4 Å². The van der Waals surface area contributed by atoms with Gasteiger partial charge in [-0.2, -0.15) is 0 Å². The molecule has 0 radical (unpaired) electrons. The lowest BCUT2D eigenvalue weighted by Crippen LogP contribution is -2.20. The lowest BCUT2D eigenvalue weighted by molar-refractivity contribution is -0.136. The summed E-state index contributed by atoms with van der Waals surface area (Å²) in [5.41, 5.74) is 2.05. The van der Waals surface area contributed by atoms with E-state index < -0.39 is 0 Å². The largest absolute Gasteiger partial charge is 0.425 e. The minimum Gasteiger partial charge on any atom is -0.425 e. The topological polar surface area (TPSA) is 31.2 Å². The van der Waals surface area contributed by atoms with E-state index in [1.165, 1.54) is 0 Å². The Kier molecular flexibility index (Phi) is 4.55. The molecule has 0 aliphatic carbocycles. The maximum atomic E-state index is 12.4. The number of hydrogen-bond donors (Lipinski definition) is 1. The molecular formula is C16H19NO2S. The minimum atomic E-state index is -0.260. The number of hydrogen-bond acceptors (Lipinski definition) is 3. The molecule has 3 nitrogen and oxygen atoms in total. The first-order chi connectivity index (χ1) is 9.52. The molecule has 1 aromatic carbocycles. The summed E-state index contributed by atoms with van der Waals surface area (Å²) in [7, 11) is 1.93. The van der Waals surface area contributed by atoms with E-state index in [0.717, 1.165) is 11.3 Å². The van der Waals surface area contributed by atoms with E-state index in [-0.39, 0.29) is 11.9 Å². The van der Waals surface area contributed by atoms with Crippen LogP contribution < -0.4 is 4.74 Å². The van der Waals surface area contributed by atoms with Crippen molar-refractivity contribution in [3.8, 4) is 5.75 Å². The van der Waals surface area contributed by atoms with Crippen molar-refractivity contribution >= 4 is 18.6 Å². The molecule has 1 atom stereocenters. The summed E-state index contributed by atoms with van der Waals surface area (Å²) in [5, 5.41) is 0. The van der Waals surface area contributed by atoms with Crippen LogP contribution in [-0.4, -0.2) is 10.5 Å². The SMILES string of the molecule is CCC(C(=O)Oc1ccc(C)cc1S)c1cccn1C. The fraction of sp³-hybridized carbons (Fsp3) is 0.312. The Morgan fingerprint density at radius 3 is 2.70 bits per heavy atom. The number of benzene rings is 1. The number of carbonyl (C=O) groups is 1. The third kappa shape index (κ3) is 3.07. The number of nitrogens with zero attached hydrogens (tertiary/aromatic N) is 1. The molecule has 0 aliphatic heterocycles. The second-order valence-electron chi connectivity index (χ2n) is 4.90. The average molecular weight is 289 g/mol. The zero-order chi connectivity index (χ0) is 14.7. The third-order valence-electron chi connectivity index (χ3n) is 3.36. The Hall–Kier alpha value is -1.68. The van der Waals surface area contributed by atoms with Crippen LogP contribution in [0, 0.1) is 6.92 Å². The van der Waals surface area contributed by atoms with Crippen molar-refractivity contribution in [2.24, 2.45) is 7.05 Å². The summed E-state index contributed by atoms with van der Waals surface area (Å²) in [4.78, 5) is 13.0. The molecule has 0 fully saturated rings. The van der Waals surface area contributed by atoms with E-state index in [4.69, 9.17) is 4.74 Å². The Labute approximate surface area is 125 Å². The molecule has 0 N–H and O–H groups in total. The summed E-state index contributed by atoms with van der Waals surface area (Å²) >= 11 is 4.35. The fourth-order valence-electron chi connectivity index (χ4n) is 2.23. The number of carbonyl (C=O) groups excluding carboxylic acids is 1. The van der Waals surface area contributed by atoms with Gasteiger partial charge in [-0.3, -0.25) is 4.79 Å². The molecule has 0 spiro atoms. The molecule has 1 unspecified atom stereocenters. The second-order valence-corrected chi connectivity index (χ2v) is 5.38. The van der Waals surface area contributed by atoms with Gasteiger partial charge in [-0.15, -0.1) is 12.6 Å². The van der Waals surface area contributed by atoms with Gasteiger partial charge in [0.2, 0.25) is 0 Å². The van der Waals surface area contributed by atoms with Gasteiger partial charge in [0.15, 0.2) is 0 Å². The smallest absolute Gasteiger partial charge is 0.320 e. The average Bonchev–Trinajstić information content (AvgIpc) is 2.80. The standard InChI is InChI=1S/C16H19NO2S/c1-4-12(13-6-5-9-17(13)3)16(18)19-14-8-7-11(2)10-15(14)20/h5-10,12,20H,4H2,1-3H3. The molecule has 2 aromatic rings. The molecule has 0 saturated heterocycles. The van der Waals surface area contributed by atoms with E-state index in [2.05, 4.69) is 12.6 Å². The monoisotopic (exact) mass is 289 g/mol. The van der Waals surface area contributed by atoms with Crippen LogP contribution in [-0.2, 0) is 11.8 Å². The van der Waals surface area contributed by atoms with Crippen LogP contribution in [0.3, 0.4) is 0 Å². The number of aromatic nitrogens is 1. The van der Waals surface area contributed by atoms with Crippen molar-refractivity contribution < 1.29 is 9.53 Å². The number of aryl methyl sites for hydroxylation is 2. The van der Waals surface area contributed by atoms with E-state index in [0.29, 0.717) is 17.1 Å². The van der Waals surface area contributed by atoms with Gasteiger partial charge in [0.25, 0.3) is 0 Å². The Morgan fingerprint density at radius 2 is 2.15 bits per heavy atom. The van der Waals surface area contributed by atoms with Crippen molar-refractivity contribution in [2.75, 3.05) is 0 Å². The highest BCUT2D eigenvalue weighted by molar-refractivity contribution is 7.80. The van der Waals surface area contributed by atoms with Gasteiger partial charge < -0.3 is 9.30 Å². The van der Waals surface area contributed by atoms with Crippen molar-refractivity contribution in [1.29, 1.82) is 0 Å². The summed E-state index contributed by atoms with van der Waals surface area (Å²) < 4.78 is 7.45. The van der Waals surface area contributed by atoms with Gasteiger partial charge >= 0.3 is 5.97 Å². The first-order valence-corrected chi connectivity index (χ1v) is 7.10. The van der Waals surface area contributed by atoms with E-state index in [1.807, 2.05) is 55.9 Å². The molecule has 0 aliphatic rings. The predicted octanol–water partition coefficient (Wildman–Crippen LogP) is 3.72. The summed E-state index contributed by atoms with van der Waals surface area (Å²) in [6.45, 7) is 3.96. The Morgan fingerprint density at radius 1 is 1.40 bits per heavy atom. The van der Waals surface area contributed by atoms with Gasteiger partial charge in [-0.25, -0.2) is 0 Å². The van der Waals surface area contributed by atoms with Gasteiger partial charge in [-0.1, -0.05) is 13.0 Å². The zero-order valence-corrected chi connectivity index (χ0v) is 12.9. The molecule has 0 saturated carbocycles. The highest BCUT2D eigenvalue weighted by Gasteiger charge is 2.23.